The third-order valence-corrected chi connectivity index (χ3v) is 3.51. The van der Waals surface area contributed by atoms with Crippen LogP contribution in [0.4, 0.5) is 0 Å². The van der Waals surface area contributed by atoms with Crippen molar-refractivity contribution in [1.29, 1.82) is 0 Å². The van der Waals surface area contributed by atoms with Gasteiger partial charge in [0.05, 0.1) is 0 Å². The Morgan fingerprint density at radius 2 is 1.67 bits per heavy atom. The Bertz CT molecular complexity index is 139. The van der Waals surface area contributed by atoms with Gasteiger partial charge in [0.1, 0.15) is 0 Å². The Morgan fingerprint density at radius 1 is 1.08 bits per heavy atom. The summed E-state index contributed by atoms with van der Waals surface area (Å²) in [7, 11) is 0. The molecule has 0 saturated carbocycles. The minimum atomic E-state index is 0.234. The number of rotatable bonds is 6. The maximum absolute atomic E-state index is 8.97. The van der Waals surface area contributed by atoms with Gasteiger partial charge in [-0.15, -0.1) is 0 Å². The zero-order chi connectivity index (χ0) is 9.40. The van der Waals surface area contributed by atoms with E-state index in [0.717, 1.165) is 17.3 Å². The lowest BCUT2D eigenvalue weighted by Gasteiger charge is -1.99. The average molecular weight is 300 g/mol. The van der Waals surface area contributed by atoms with E-state index in [1.807, 2.05) is 0 Å². The van der Waals surface area contributed by atoms with Crippen LogP contribution in [0.25, 0.3) is 0 Å². The fraction of sp³-hybridized carbons (Fsp3) is 0.778. The van der Waals surface area contributed by atoms with Gasteiger partial charge in [0.2, 0.25) is 0 Å². The molecule has 0 amide bonds. The lowest BCUT2D eigenvalue weighted by atomic mass is 10.1. The first-order valence-electron chi connectivity index (χ1n) is 4.41. The first kappa shape index (κ1) is 12.5. The summed E-state index contributed by atoms with van der Waals surface area (Å²) in [6, 6.07) is 0. The van der Waals surface area contributed by atoms with Crippen molar-refractivity contribution in [2.24, 2.45) is 0 Å². The van der Waals surface area contributed by atoms with E-state index in [-0.39, 0.29) is 4.67 Å². The van der Waals surface area contributed by atoms with Crippen molar-refractivity contribution in [2.45, 2.75) is 45.4 Å². The SMILES string of the molecule is CCCCCCCC(Br)=C(O)Br. The van der Waals surface area contributed by atoms with Crippen molar-refractivity contribution < 1.29 is 5.11 Å². The van der Waals surface area contributed by atoms with Crippen molar-refractivity contribution in [1.82, 2.24) is 0 Å². The molecule has 1 N–H and O–H groups in total. The largest absolute Gasteiger partial charge is 0.501 e. The molecule has 0 heterocycles. The van der Waals surface area contributed by atoms with E-state index in [2.05, 4.69) is 38.8 Å². The number of halogens is 2. The highest BCUT2D eigenvalue weighted by molar-refractivity contribution is 9.14. The standard InChI is InChI=1S/C9H16Br2O/c1-2-3-4-5-6-7-8(10)9(11)12/h12H,2-7H2,1H3. The summed E-state index contributed by atoms with van der Waals surface area (Å²) in [6.45, 7) is 2.21. The number of aliphatic hydroxyl groups excluding tert-OH is 1. The Kier molecular flexibility index (Phi) is 8.45. The number of aliphatic hydroxyl groups is 1. The number of hydrogen-bond donors (Lipinski definition) is 1. The van der Waals surface area contributed by atoms with E-state index >= 15 is 0 Å². The molecular weight excluding hydrogens is 284 g/mol. The van der Waals surface area contributed by atoms with Crippen LogP contribution in [-0.4, -0.2) is 5.11 Å². The molecule has 0 radical (unpaired) electrons. The topological polar surface area (TPSA) is 20.2 Å². The Morgan fingerprint density at radius 3 is 2.17 bits per heavy atom. The van der Waals surface area contributed by atoms with Crippen LogP contribution in [0, 0.1) is 0 Å². The second-order valence-electron chi connectivity index (χ2n) is 2.86. The van der Waals surface area contributed by atoms with E-state index in [0.29, 0.717) is 0 Å². The number of unbranched alkanes of at least 4 members (excludes halogenated alkanes) is 4. The molecule has 0 aromatic rings. The lowest BCUT2D eigenvalue weighted by Crippen LogP contribution is -1.80. The van der Waals surface area contributed by atoms with Crippen LogP contribution >= 0.6 is 31.9 Å². The van der Waals surface area contributed by atoms with E-state index in [4.69, 9.17) is 5.11 Å². The fourth-order valence-electron chi connectivity index (χ4n) is 0.987. The van der Waals surface area contributed by atoms with Gasteiger partial charge in [0.15, 0.2) is 4.67 Å². The molecule has 0 bridgehead atoms. The van der Waals surface area contributed by atoms with Gasteiger partial charge in [0, 0.05) is 4.48 Å². The molecule has 0 fully saturated rings. The third-order valence-electron chi connectivity index (χ3n) is 1.72. The van der Waals surface area contributed by atoms with E-state index in [1.54, 1.807) is 0 Å². The van der Waals surface area contributed by atoms with Crippen LogP contribution in [0.3, 0.4) is 0 Å². The van der Waals surface area contributed by atoms with Gasteiger partial charge in [0.25, 0.3) is 0 Å². The minimum absolute atomic E-state index is 0.234. The van der Waals surface area contributed by atoms with Gasteiger partial charge >= 0.3 is 0 Å². The molecule has 12 heavy (non-hydrogen) atoms. The van der Waals surface area contributed by atoms with Crippen molar-refractivity contribution in [3.63, 3.8) is 0 Å². The smallest absolute Gasteiger partial charge is 0.169 e. The molecule has 0 aliphatic rings. The second-order valence-corrected chi connectivity index (χ2v) is 4.57. The van der Waals surface area contributed by atoms with Gasteiger partial charge < -0.3 is 5.11 Å². The molecule has 0 atom stereocenters. The molecule has 0 rings (SSSR count). The fourth-order valence-corrected chi connectivity index (χ4v) is 1.47. The van der Waals surface area contributed by atoms with Gasteiger partial charge in [-0.05, 0) is 28.8 Å². The first-order valence-corrected chi connectivity index (χ1v) is 6.00. The van der Waals surface area contributed by atoms with Crippen molar-refractivity contribution in [2.75, 3.05) is 0 Å². The normalized spacial score (nSPS) is 12.9. The Hall–Kier alpha value is 0.500. The summed E-state index contributed by atoms with van der Waals surface area (Å²) in [5.74, 6) is 0. The molecule has 0 aromatic carbocycles. The summed E-state index contributed by atoms with van der Waals surface area (Å²) >= 11 is 6.31. The van der Waals surface area contributed by atoms with Gasteiger partial charge in [-0.25, -0.2) is 0 Å². The van der Waals surface area contributed by atoms with E-state index < -0.39 is 0 Å². The maximum atomic E-state index is 8.97. The Balaban J connectivity index is 3.26. The highest BCUT2D eigenvalue weighted by Crippen LogP contribution is 2.21. The summed E-state index contributed by atoms with van der Waals surface area (Å²) in [6.07, 6.45) is 7.24. The molecular formula is C9H16Br2O. The second kappa shape index (κ2) is 8.11. The van der Waals surface area contributed by atoms with Crippen LogP contribution in [-0.2, 0) is 0 Å². The minimum Gasteiger partial charge on any atom is -0.501 e. The summed E-state index contributed by atoms with van der Waals surface area (Å²) in [5.41, 5.74) is 0. The first-order chi connectivity index (χ1) is 5.68. The molecule has 3 heteroatoms. The van der Waals surface area contributed by atoms with Crippen LogP contribution < -0.4 is 0 Å². The monoisotopic (exact) mass is 298 g/mol. The predicted molar refractivity (Wildman–Crippen MR) is 60.9 cm³/mol. The molecule has 0 unspecified atom stereocenters. The highest BCUT2D eigenvalue weighted by atomic mass is 79.9. The lowest BCUT2D eigenvalue weighted by molar-refractivity contribution is 0.455. The molecule has 0 spiro atoms. The summed E-state index contributed by atoms with van der Waals surface area (Å²) < 4.78 is 1.11. The number of hydrogen-bond acceptors (Lipinski definition) is 1. The van der Waals surface area contributed by atoms with E-state index in [9.17, 15) is 0 Å². The molecule has 0 aliphatic carbocycles. The zero-order valence-electron chi connectivity index (χ0n) is 7.45. The average Bonchev–Trinajstić information content (AvgIpc) is 2.03. The molecule has 0 aliphatic heterocycles. The van der Waals surface area contributed by atoms with Crippen LogP contribution in [0.15, 0.2) is 9.15 Å². The van der Waals surface area contributed by atoms with Crippen LogP contribution in [0.1, 0.15) is 45.4 Å². The van der Waals surface area contributed by atoms with Gasteiger partial charge in [-0.1, -0.05) is 48.5 Å². The maximum Gasteiger partial charge on any atom is 0.169 e. The van der Waals surface area contributed by atoms with Crippen LogP contribution in [0.2, 0.25) is 0 Å². The predicted octanol–water partition coefficient (Wildman–Crippen LogP) is 4.86. The zero-order valence-corrected chi connectivity index (χ0v) is 10.6. The van der Waals surface area contributed by atoms with E-state index in [1.165, 1.54) is 25.7 Å². The van der Waals surface area contributed by atoms with Gasteiger partial charge in [-0.3, -0.25) is 0 Å². The summed E-state index contributed by atoms with van der Waals surface area (Å²) in [5, 5.41) is 8.97. The quantitative estimate of drug-likeness (QED) is 0.548. The van der Waals surface area contributed by atoms with Crippen LogP contribution in [0.5, 0.6) is 0 Å². The number of allylic oxidation sites excluding steroid dienone is 1. The summed E-state index contributed by atoms with van der Waals surface area (Å²) in [4.78, 5) is 0. The van der Waals surface area contributed by atoms with Crippen molar-refractivity contribution in [3.05, 3.63) is 9.15 Å². The third kappa shape index (κ3) is 7.17. The highest BCUT2D eigenvalue weighted by Gasteiger charge is 1.97. The molecule has 1 nitrogen and oxygen atoms in total. The van der Waals surface area contributed by atoms with Crippen molar-refractivity contribution >= 4 is 31.9 Å². The Labute approximate surface area is 91.5 Å². The van der Waals surface area contributed by atoms with Gasteiger partial charge in [-0.2, -0.15) is 0 Å². The molecule has 0 aromatic heterocycles. The van der Waals surface area contributed by atoms with Crippen molar-refractivity contribution in [3.8, 4) is 0 Å². The molecule has 72 valence electrons. The molecule has 0 saturated heterocycles.